The summed E-state index contributed by atoms with van der Waals surface area (Å²) in [5.41, 5.74) is -0.489. The summed E-state index contributed by atoms with van der Waals surface area (Å²) in [6.07, 6.45) is -9.07. The number of amides is 1. The molecule has 1 amide bonds. The fraction of sp³-hybridized carbons (Fsp3) is 0.524. The largest absolute Gasteiger partial charge is 0.434 e. The molecule has 0 aliphatic carbocycles. The van der Waals surface area contributed by atoms with Crippen LogP contribution in [0.15, 0.2) is 17.5 Å². The summed E-state index contributed by atoms with van der Waals surface area (Å²) < 4.78 is 80.1. The number of carbonyl (C=O) groups is 1. The number of piperazine rings is 1. The van der Waals surface area contributed by atoms with Crippen molar-refractivity contribution in [2.45, 2.75) is 45.2 Å². The van der Waals surface area contributed by atoms with Gasteiger partial charge in [0.2, 0.25) is 5.91 Å². The molecule has 12 heteroatoms. The van der Waals surface area contributed by atoms with Gasteiger partial charge in [0.25, 0.3) is 0 Å². The topological polar surface area (TPSA) is 39.7 Å². The molecule has 0 spiro atoms. The van der Waals surface area contributed by atoms with Gasteiger partial charge in [0.15, 0.2) is 10.8 Å². The molecule has 1 atom stereocenters. The molecule has 33 heavy (non-hydrogen) atoms. The molecule has 0 bridgehead atoms. The summed E-state index contributed by atoms with van der Waals surface area (Å²) in [7, 11) is 0. The quantitative estimate of drug-likeness (QED) is 0.565. The lowest BCUT2D eigenvalue weighted by molar-refractivity contribution is -0.141. The molecule has 3 heterocycles. The predicted molar refractivity (Wildman–Crippen MR) is 112 cm³/mol. The minimum absolute atomic E-state index is 0.0285. The van der Waals surface area contributed by atoms with Crippen molar-refractivity contribution in [2.75, 3.05) is 36.0 Å². The minimum atomic E-state index is -4.58. The van der Waals surface area contributed by atoms with E-state index in [2.05, 4.69) is 4.98 Å². The Kier molecular flexibility index (Phi) is 6.00. The van der Waals surface area contributed by atoms with E-state index in [1.807, 2.05) is 11.8 Å². The first-order valence-electron chi connectivity index (χ1n) is 10.4. The van der Waals surface area contributed by atoms with Crippen molar-refractivity contribution in [3.63, 3.8) is 0 Å². The Morgan fingerprint density at radius 2 is 1.76 bits per heavy atom. The van der Waals surface area contributed by atoms with Gasteiger partial charge in [-0.2, -0.15) is 26.3 Å². The summed E-state index contributed by atoms with van der Waals surface area (Å²) in [4.78, 5) is 20.7. The fourth-order valence-corrected chi connectivity index (χ4v) is 5.43. The van der Waals surface area contributed by atoms with Gasteiger partial charge in [0, 0.05) is 56.8 Å². The highest BCUT2D eigenvalue weighted by atomic mass is 32.1. The van der Waals surface area contributed by atoms with Crippen molar-refractivity contribution in [2.24, 2.45) is 0 Å². The van der Waals surface area contributed by atoms with Gasteiger partial charge in [0.1, 0.15) is 0 Å². The molecule has 2 aliphatic rings. The van der Waals surface area contributed by atoms with E-state index in [1.165, 1.54) is 13.0 Å². The zero-order valence-corrected chi connectivity index (χ0v) is 18.7. The monoisotopic (exact) mass is 492 g/mol. The first-order valence-corrected chi connectivity index (χ1v) is 11.3. The van der Waals surface area contributed by atoms with E-state index in [0.717, 1.165) is 22.8 Å². The molecule has 180 valence electrons. The van der Waals surface area contributed by atoms with Crippen molar-refractivity contribution < 1.29 is 31.1 Å². The van der Waals surface area contributed by atoms with Crippen LogP contribution in [0.5, 0.6) is 0 Å². The second kappa shape index (κ2) is 8.37. The molecule has 1 saturated heterocycles. The van der Waals surface area contributed by atoms with Gasteiger partial charge < -0.3 is 14.7 Å². The van der Waals surface area contributed by atoms with Crippen LogP contribution in [0.4, 0.5) is 37.2 Å². The van der Waals surface area contributed by atoms with Crippen molar-refractivity contribution in [3.8, 4) is 0 Å². The molecule has 0 radical (unpaired) electrons. The van der Waals surface area contributed by atoms with Crippen molar-refractivity contribution >= 4 is 28.1 Å². The molecule has 5 nitrogen and oxygen atoms in total. The van der Waals surface area contributed by atoms with E-state index in [9.17, 15) is 31.1 Å². The van der Waals surface area contributed by atoms with Crippen LogP contribution in [0, 0.1) is 0 Å². The molecule has 4 rings (SSSR count). The maximum Gasteiger partial charge on any atom is 0.434 e. The molecule has 0 saturated carbocycles. The van der Waals surface area contributed by atoms with Crippen LogP contribution in [-0.4, -0.2) is 48.0 Å². The van der Waals surface area contributed by atoms with E-state index in [0.29, 0.717) is 30.9 Å². The van der Waals surface area contributed by atoms with Crippen molar-refractivity contribution in [1.82, 2.24) is 9.88 Å². The number of benzene rings is 1. The Labute approximate surface area is 190 Å². The summed E-state index contributed by atoms with van der Waals surface area (Å²) in [5.74, 6) is -0.0630. The van der Waals surface area contributed by atoms with E-state index in [1.54, 1.807) is 9.80 Å². The number of nitrogens with zero attached hydrogens (tertiary/aromatic N) is 4. The normalized spacial score (nSPS) is 19.6. The van der Waals surface area contributed by atoms with E-state index in [4.69, 9.17) is 0 Å². The third kappa shape index (κ3) is 4.62. The highest BCUT2D eigenvalue weighted by molar-refractivity contribution is 7.13. The average molecular weight is 492 g/mol. The number of fused-ring (bicyclic) bond motifs is 1. The Morgan fingerprint density at radius 1 is 1.03 bits per heavy atom. The number of rotatable bonds is 2. The smallest absolute Gasteiger partial charge is 0.367 e. The standard InChI is InChI=1S/C21H22F6N4OS/c1-12-9-29(7-8-31(12)13(2)32)17-4-3-16(20(22,23)24)14-5-6-30(10-15(14)17)19-28-18(11-33-19)21(25,26)27/h3-4,11-12H,5-10H2,1-2H3/t12-/m1/s1. The van der Waals surface area contributed by atoms with Crippen LogP contribution >= 0.6 is 11.3 Å². The molecule has 1 fully saturated rings. The fourth-order valence-electron chi connectivity index (χ4n) is 4.57. The zero-order valence-electron chi connectivity index (χ0n) is 17.9. The van der Waals surface area contributed by atoms with Crippen LogP contribution in [0.25, 0.3) is 0 Å². The number of alkyl halides is 6. The van der Waals surface area contributed by atoms with Gasteiger partial charge in [-0.15, -0.1) is 11.3 Å². The molecule has 2 aromatic rings. The minimum Gasteiger partial charge on any atom is -0.367 e. The van der Waals surface area contributed by atoms with Gasteiger partial charge in [-0.25, -0.2) is 4.98 Å². The Bertz CT molecular complexity index is 1050. The predicted octanol–water partition coefficient (Wildman–Crippen LogP) is 4.80. The maximum absolute atomic E-state index is 13.7. The number of hydrogen-bond donors (Lipinski definition) is 0. The van der Waals surface area contributed by atoms with Crippen LogP contribution < -0.4 is 9.80 Å². The highest BCUT2D eigenvalue weighted by Crippen LogP contribution is 2.42. The van der Waals surface area contributed by atoms with Gasteiger partial charge in [-0.1, -0.05) is 0 Å². The van der Waals surface area contributed by atoms with Crippen LogP contribution in [0.1, 0.15) is 36.2 Å². The number of thiazole rings is 1. The first-order chi connectivity index (χ1) is 15.4. The van der Waals surface area contributed by atoms with Crippen molar-refractivity contribution in [3.05, 3.63) is 39.9 Å². The maximum atomic E-state index is 13.7. The lowest BCUT2D eigenvalue weighted by Crippen LogP contribution is -2.54. The number of anilines is 2. The van der Waals surface area contributed by atoms with Gasteiger partial charge in [-0.3, -0.25) is 4.79 Å². The number of hydrogen-bond acceptors (Lipinski definition) is 5. The van der Waals surface area contributed by atoms with Crippen LogP contribution in [0.3, 0.4) is 0 Å². The summed E-state index contributed by atoms with van der Waals surface area (Å²) in [6.45, 7) is 4.87. The lowest BCUT2D eigenvalue weighted by Gasteiger charge is -2.42. The summed E-state index contributed by atoms with van der Waals surface area (Å²) in [6, 6.07) is 2.39. The Balaban J connectivity index is 1.69. The summed E-state index contributed by atoms with van der Waals surface area (Å²) in [5, 5.41) is 1.05. The van der Waals surface area contributed by atoms with Crippen molar-refractivity contribution in [1.29, 1.82) is 0 Å². The molecule has 0 N–H and O–H groups in total. The Hall–Kier alpha value is -2.50. The molecule has 1 aromatic carbocycles. The third-order valence-electron chi connectivity index (χ3n) is 6.12. The molecule has 2 aliphatic heterocycles. The van der Waals surface area contributed by atoms with E-state index < -0.39 is 23.6 Å². The number of carbonyl (C=O) groups excluding carboxylic acids is 1. The van der Waals surface area contributed by atoms with Gasteiger partial charge in [0.05, 0.1) is 5.56 Å². The van der Waals surface area contributed by atoms with Crippen LogP contribution in [0.2, 0.25) is 0 Å². The number of halogens is 6. The SMILES string of the molecule is CC(=O)N1CCN(c2ccc(C(F)(F)F)c3c2CN(c2nc(C(F)(F)F)cs2)CC3)C[C@H]1C. The Morgan fingerprint density at radius 3 is 2.33 bits per heavy atom. The zero-order chi connectivity index (χ0) is 24.1. The molecular formula is C21H22F6N4OS. The molecular weight excluding hydrogens is 470 g/mol. The van der Waals surface area contributed by atoms with Crippen LogP contribution in [-0.2, 0) is 30.1 Å². The van der Waals surface area contributed by atoms with E-state index in [-0.39, 0.29) is 42.2 Å². The first kappa shape index (κ1) is 23.7. The summed E-state index contributed by atoms with van der Waals surface area (Å²) >= 11 is 0.828. The third-order valence-corrected chi connectivity index (χ3v) is 7.02. The second-order valence-corrected chi connectivity index (χ2v) is 9.12. The number of aromatic nitrogens is 1. The highest BCUT2D eigenvalue weighted by Gasteiger charge is 2.39. The van der Waals surface area contributed by atoms with Gasteiger partial charge >= 0.3 is 12.4 Å². The molecule has 1 aromatic heterocycles. The lowest BCUT2D eigenvalue weighted by atomic mass is 9.91. The molecule has 0 unspecified atom stereocenters. The van der Waals surface area contributed by atoms with E-state index >= 15 is 0 Å². The average Bonchev–Trinajstić information content (AvgIpc) is 3.22. The second-order valence-electron chi connectivity index (χ2n) is 8.28. The van der Waals surface area contributed by atoms with Gasteiger partial charge in [-0.05, 0) is 36.6 Å².